The number of ether oxygens (including phenoxy) is 1. The fourth-order valence-electron chi connectivity index (χ4n) is 8.26. The van der Waals surface area contributed by atoms with Crippen LogP contribution < -0.4 is 4.74 Å². The van der Waals surface area contributed by atoms with Gasteiger partial charge in [0.15, 0.2) is 0 Å². The van der Waals surface area contributed by atoms with Crippen LogP contribution in [-0.4, -0.2) is 64.5 Å². The maximum Gasteiger partial charge on any atom is 0.324 e. The lowest BCUT2D eigenvalue weighted by molar-refractivity contribution is -0.0738. The molecular weight excluding hydrogens is 859 g/mol. The molecule has 0 amide bonds. The maximum atomic E-state index is 11.2. The molecule has 1 unspecified atom stereocenters. The van der Waals surface area contributed by atoms with E-state index in [0.717, 1.165) is 44.5 Å². The van der Waals surface area contributed by atoms with Crippen molar-refractivity contribution in [3.05, 3.63) is 161 Å². The predicted molar refractivity (Wildman–Crippen MR) is 265 cm³/mol. The molecule has 0 bridgehead atoms. The highest BCUT2D eigenvalue weighted by Crippen LogP contribution is 2.48. The molecule has 0 heterocycles. The molecule has 0 radical (unpaired) electrons. The Labute approximate surface area is 387 Å². The summed E-state index contributed by atoms with van der Waals surface area (Å²) in [5.74, 6) is 1.71. The highest BCUT2D eigenvalue weighted by atomic mass is 31.2. The summed E-state index contributed by atoms with van der Waals surface area (Å²) in [7, 11) is -5.24. The molecule has 1 atom stereocenters. The highest BCUT2D eigenvalue weighted by Gasteiger charge is 2.43. The lowest BCUT2D eigenvalue weighted by atomic mass is 9.76. The maximum absolute atomic E-state index is 11.2. The second-order valence-electron chi connectivity index (χ2n) is 17.4. The zero-order valence-electron chi connectivity index (χ0n) is 38.5. The van der Waals surface area contributed by atoms with E-state index < -0.39 is 48.5 Å². The first-order chi connectivity index (χ1) is 30.9. The molecule has 12 heteroatoms. The Balaban J connectivity index is 0.00000107. The van der Waals surface area contributed by atoms with Crippen LogP contribution in [-0.2, 0) is 0 Å². The van der Waals surface area contributed by atoms with Gasteiger partial charge in [0.1, 0.15) is 11.9 Å². The molecule has 0 aromatic heterocycles. The molecule has 0 saturated carbocycles. The number of benzene rings is 6. The largest absolute Gasteiger partial charge is 0.484 e. The van der Waals surface area contributed by atoms with Crippen molar-refractivity contribution in [1.82, 2.24) is 0 Å². The zero-order valence-corrected chi connectivity index (χ0v) is 40.3. The van der Waals surface area contributed by atoms with Crippen molar-refractivity contribution in [2.45, 2.75) is 85.2 Å². The van der Waals surface area contributed by atoms with Crippen LogP contribution in [0.3, 0.4) is 0 Å². The first kappa shape index (κ1) is 53.2. The van der Waals surface area contributed by atoms with Crippen molar-refractivity contribution in [2.24, 2.45) is 5.41 Å². The standard InChI is InChI=1S/C53H60O4.2H3O3P/c1-34(2)40-17-9-13-21-44(40)38-25-27-48(49(29-38)46-23-15-11-19-42(46)36(5)6)52(53(31-54,32-55)33-56)57-51-28-26-39(45-22-14-10-18-41(45)35(3)4)30-50(51)47-24-16-12-20-43(47)37(7)8;2*1-4(2)3/h9-30,34-37,52,54-56H,31-33H2,1-8H3;2*1-3H. The smallest absolute Gasteiger partial charge is 0.324 e. The average molecular weight is 925 g/mol. The van der Waals surface area contributed by atoms with Crippen LogP contribution in [0.4, 0.5) is 0 Å². The lowest BCUT2D eigenvalue weighted by Gasteiger charge is -2.38. The quantitative estimate of drug-likeness (QED) is 0.0448. The summed E-state index contributed by atoms with van der Waals surface area (Å²) in [6.45, 7) is 16.2. The fourth-order valence-corrected chi connectivity index (χ4v) is 8.26. The normalized spacial score (nSPS) is 12.1. The van der Waals surface area contributed by atoms with Crippen molar-refractivity contribution >= 4 is 17.2 Å². The Morgan fingerprint density at radius 3 is 1.06 bits per heavy atom. The van der Waals surface area contributed by atoms with Gasteiger partial charge in [0.05, 0.1) is 25.2 Å². The number of aliphatic hydroxyl groups excluding tert-OH is 3. The van der Waals surface area contributed by atoms with E-state index in [9.17, 15) is 15.3 Å². The molecule has 0 spiro atoms. The van der Waals surface area contributed by atoms with E-state index in [1.165, 1.54) is 27.8 Å². The van der Waals surface area contributed by atoms with Crippen molar-refractivity contribution in [1.29, 1.82) is 0 Å². The molecule has 348 valence electrons. The van der Waals surface area contributed by atoms with Gasteiger partial charge in [-0.2, -0.15) is 0 Å². The van der Waals surface area contributed by atoms with E-state index in [4.69, 9.17) is 34.1 Å². The molecule has 6 aromatic rings. The summed E-state index contributed by atoms with van der Waals surface area (Å²) in [5, 5.41) is 33.6. The third-order valence-corrected chi connectivity index (χ3v) is 11.6. The minimum Gasteiger partial charge on any atom is -0.484 e. The Hall–Kier alpha value is -4.38. The van der Waals surface area contributed by atoms with Gasteiger partial charge >= 0.3 is 17.2 Å². The molecule has 0 aliphatic heterocycles. The number of rotatable bonds is 15. The van der Waals surface area contributed by atoms with Crippen LogP contribution in [0.5, 0.6) is 5.75 Å². The predicted octanol–water partition coefficient (Wildman–Crippen LogP) is 11.3. The number of hydrogen-bond acceptors (Lipinski definition) is 10. The Morgan fingerprint density at radius 2 is 0.692 bits per heavy atom. The summed E-state index contributed by atoms with van der Waals surface area (Å²) in [6, 6.07) is 46.7. The molecule has 0 fully saturated rings. The van der Waals surface area contributed by atoms with Crippen LogP contribution in [0.2, 0.25) is 0 Å². The second kappa shape index (κ2) is 24.9. The van der Waals surface area contributed by atoms with Gasteiger partial charge in [-0.05, 0) is 103 Å². The van der Waals surface area contributed by atoms with E-state index in [-0.39, 0.29) is 11.8 Å². The molecule has 10 nitrogen and oxygen atoms in total. The fraction of sp³-hybridized carbons (Fsp3) is 0.321. The molecule has 6 rings (SSSR count). The molecular formula is C53H66O10P2. The summed E-state index contributed by atoms with van der Waals surface area (Å²) < 4.78 is 7.32. The first-order valence-corrected chi connectivity index (χ1v) is 24.2. The third kappa shape index (κ3) is 13.6. The van der Waals surface area contributed by atoms with Crippen LogP contribution >= 0.6 is 17.2 Å². The topological polar surface area (TPSA) is 191 Å². The van der Waals surface area contributed by atoms with E-state index >= 15 is 0 Å². The molecule has 0 saturated heterocycles. The monoisotopic (exact) mass is 924 g/mol. The Bertz CT molecular complexity index is 2390. The minimum absolute atomic E-state index is 0.221. The van der Waals surface area contributed by atoms with Gasteiger partial charge in [0.25, 0.3) is 0 Å². The Kier molecular flexibility index (Phi) is 20.4. The molecule has 0 aliphatic carbocycles. The van der Waals surface area contributed by atoms with Crippen molar-refractivity contribution in [3.63, 3.8) is 0 Å². The van der Waals surface area contributed by atoms with Crippen LogP contribution in [0.15, 0.2) is 133 Å². The summed E-state index contributed by atoms with van der Waals surface area (Å²) in [5.41, 5.74) is 12.6. The molecule has 0 aliphatic rings. The van der Waals surface area contributed by atoms with Crippen molar-refractivity contribution < 1.29 is 49.4 Å². The van der Waals surface area contributed by atoms with Crippen molar-refractivity contribution in [3.8, 4) is 50.3 Å². The summed E-state index contributed by atoms with van der Waals surface area (Å²) in [4.78, 5) is 43.4. The van der Waals surface area contributed by atoms with E-state index in [0.29, 0.717) is 17.6 Å². The lowest BCUT2D eigenvalue weighted by Crippen LogP contribution is -2.43. The minimum atomic E-state index is -2.62. The van der Waals surface area contributed by atoms with Crippen molar-refractivity contribution in [2.75, 3.05) is 19.8 Å². The van der Waals surface area contributed by atoms with E-state index in [1.807, 2.05) is 6.07 Å². The number of aliphatic hydroxyl groups is 3. The van der Waals surface area contributed by atoms with E-state index in [1.54, 1.807) is 0 Å². The summed E-state index contributed by atoms with van der Waals surface area (Å²) >= 11 is 0. The van der Waals surface area contributed by atoms with Crippen LogP contribution in [0.25, 0.3) is 44.5 Å². The van der Waals surface area contributed by atoms with E-state index in [2.05, 4.69) is 183 Å². The molecule has 9 N–H and O–H groups in total. The second-order valence-corrected chi connectivity index (χ2v) is 18.4. The first-order valence-electron chi connectivity index (χ1n) is 21.8. The van der Waals surface area contributed by atoms with Gasteiger partial charge < -0.3 is 49.4 Å². The van der Waals surface area contributed by atoms with Gasteiger partial charge in [-0.1, -0.05) is 171 Å². The Morgan fingerprint density at radius 1 is 0.385 bits per heavy atom. The number of hydrogen-bond donors (Lipinski definition) is 9. The van der Waals surface area contributed by atoms with Gasteiger partial charge in [-0.25, -0.2) is 0 Å². The zero-order chi connectivity index (χ0) is 48.0. The van der Waals surface area contributed by atoms with Gasteiger partial charge in [-0.15, -0.1) is 0 Å². The van der Waals surface area contributed by atoms with Crippen LogP contribution in [0.1, 0.15) is 113 Å². The third-order valence-electron chi connectivity index (χ3n) is 11.6. The van der Waals surface area contributed by atoms with Crippen LogP contribution in [0, 0.1) is 5.41 Å². The van der Waals surface area contributed by atoms with Gasteiger partial charge in [-0.3, -0.25) is 0 Å². The average Bonchev–Trinajstić information content (AvgIpc) is 3.28. The van der Waals surface area contributed by atoms with Gasteiger partial charge in [0, 0.05) is 11.1 Å². The van der Waals surface area contributed by atoms with Gasteiger partial charge in [0.2, 0.25) is 0 Å². The highest BCUT2D eigenvalue weighted by molar-refractivity contribution is 7.38. The SMILES string of the molecule is CC(C)c1ccccc1-c1ccc(OC(c2ccc(-c3ccccc3C(C)C)cc2-c2ccccc2C(C)C)C(CO)(CO)CO)c(-c2ccccc2C(C)C)c1.OP(O)O.OP(O)O. The summed E-state index contributed by atoms with van der Waals surface area (Å²) in [6.07, 6.45) is -0.944. The molecule has 65 heavy (non-hydrogen) atoms. The molecule has 6 aromatic carbocycles.